The van der Waals surface area contributed by atoms with Gasteiger partial charge in [-0.2, -0.15) is 0 Å². The third kappa shape index (κ3) is 6.87. The van der Waals surface area contributed by atoms with Crippen molar-refractivity contribution >= 4 is 18.3 Å². The molecule has 0 aliphatic rings. The maximum absolute atomic E-state index is 11.7. The number of halogens is 1. The molecular weight excluding hydrogens is 308 g/mol. The summed E-state index contributed by atoms with van der Waals surface area (Å²) < 4.78 is 15.9. The summed E-state index contributed by atoms with van der Waals surface area (Å²) in [6, 6.07) is 5.32. The molecule has 1 amide bonds. The van der Waals surface area contributed by atoms with Crippen LogP contribution in [0, 0.1) is 5.92 Å². The molecule has 7 heteroatoms. The van der Waals surface area contributed by atoms with Gasteiger partial charge in [-0.1, -0.05) is 6.92 Å². The summed E-state index contributed by atoms with van der Waals surface area (Å²) in [5.41, 5.74) is 0. The smallest absolute Gasteiger partial charge is 0.224 e. The van der Waals surface area contributed by atoms with Crippen LogP contribution in [0.5, 0.6) is 17.2 Å². The van der Waals surface area contributed by atoms with Gasteiger partial charge in [-0.15, -0.1) is 12.4 Å². The Balaban J connectivity index is 0.00000441. The Bertz CT molecular complexity index is 435. The molecule has 0 aliphatic heterocycles. The number of amides is 1. The molecule has 0 bridgehead atoms. The van der Waals surface area contributed by atoms with E-state index in [2.05, 4.69) is 10.6 Å². The van der Waals surface area contributed by atoms with E-state index in [-0.39, 0.29) is 24.2 Å². The Morgan fingerprint density at radius 2 is 1.68 bits per heavy atom. The molecule has 1 atom stereocenters. The molecule has 1 unspecified atom stereocenters. The van der Waals surface area contributed by atoms with Crippen molar-refractivity contribution in [3.63, 3.8) is 0 Å². The Morgan fingerprint density at radius 1 is 1.14 bits per heavy atom. The van der Waals surface area contributed by atoms with Crippen molar-refractivity contribution < 1.29 is 19.0 Å². The van der Waals surface area contributed by atoms with Crippen LogP contribution in [0.1, 0.15) is 6.92 Å². The first-order valence-corrected chi connectivity index (χ1v) is 6.89. The van der Waals surface area contributed by atoms with Crippen molar-refractivity contribution in [1.29, 1.82) is 0 Å². The molecule has 2 N–H and O–H groups in total. The molecular formula is C15H25ClN2O4. The van der Waals surface area contributed by atoms with Crippen molar-refractivity contribution in [3.05, 3.63) is 18.2 Å². The highest BCUT2D eigenvalue weighted by molar-refractivity contribution is 5.85. The van der Waals surface area contributed by atoms with Gasteiger partial charge < -0.3 is 24.8 Å². The Labute approximate surface area is 137 Å². The second kappa shape index (κ2) is 11.0. The number of nitrogens with one attached hydrogen (secondary N) is 2. The molecule has 0 heterocycles. The predicted molar refractivity (Wildman–Crippen MR) is 88.4 cm³/mol. The van der Waals surface area contributed by atoms with Crippen molar-refractivity contribution in [3.8, 4) is 17.2 Å². The van der Waals surface area contributed by atoms with Crippen LogP contribution < -0.4 is 24.8 Å². The van der Waals surface area contributed by atoms with E-state index in [0.29, 0.717) is 36.9 Å². The molecule has 1 aromatic carbocycles. The van der Waals surface area contributed by atoms with Crippen LogP contribution >= 0.6 is 12.4 Å². The lowest BCUT2D eigenvalue weighted by Crippen LogP contribution is -2.36. The van der Waals surface area contributed by atoms with Gasteiger partial charge in [-0.25, -0.2) is 0 Å². The van der Waals surface area contributed by atoms with Crippen LogP contribution in [-0.4, -0.2) is 46.9 Å². The van der Waals surface area contributed by atoms with Crippen LogP contribution in [-0.2, 0) is 4.79 Å². The van der Waals surface area contributed by atoms with E-state index in [0.717, 1.165) is 0 Å². The summed E-state index contributed by atoms with van der Waals surface area (Å²) in [5, 5.41) is 5.80. The maximum Gasteiger partial charge on any atom is 0.224 e. The normalized spacial score (nSPS) is 11.1. The van der Waals surface area contributed by atoms with E-state index in [1.54, 1.807) is 32.4 Å². The van der Waals surface area contributed by atoms with E-state index in [9.17, 15) is 4.79 Å². The van der Waals surface area contributed by atoms with Gasteiger partial charge in [0.2, 0.25) is 5.91 Å². The first-order valence-electron chi connectivity index (χ1n) is 6.89. The Kier molecular flexibility index (Phi) is 10.2. The minimum atomic E-state index is -0.0630. The minimum absolute atomic E-state index is 0. The number of methoxy groups -OCH3 is 2. The monoisotopic (exact) mass is 332 g/mol. The molecule has 126 valence electrons. The van der Waals surface area contributed by atoms with Gasteiger partial charge in [-0.05, 0) is 7.05 Å². The van der Waals surface area contributed by atoms with Crippen LogP contribution in [0.3, 0.4) is 0 Å². The number of hydrogen-bond acceptors (Lipinski definition) is 5. The summed E-state index contributed by atoms with van der Waals surface area (Å²) >= 11 is 0. The number of carbonyl (C=O) groups excluding carboxylic acids is 1. The van der Waals surface area contributed by atoms with Crippen LogP contribution in [0.4, 0.5) is 0 Å². The van der Waals surface area contributed by atoms with Gasteiger partial charge in [0.05, 0.1) is 20.8 Å². The second-order valence-corrected chi connectivity index (χ2v) is 4.65. The van der Waals surface area contributed by atoms with Gasteiger partial charge >= 0.3 is 0 Å². The van der Waals surface area contributed by atoms with Crippen molar-refractivity contribution in [2.45, 2.75) is 6.92 Å². The van der Waals surface area contributed by atoms with Crippen LogP contribution in [0.15, 0.2) is 18.2 Å². The number of benzene rings is 1. The van der Waals surface area contributed by atoms with Gasteiger partial charge in [0.25, 0.3) is 0 Å². The quantitative estimate of drug-likeness (QED) is 0.670. The molecule has 1 aromatic rings. The third-order valence-corrected chi connectivity index (χ3v) is 2.95. The fourth-order valence-corrected chi connectivity index (χ4v) is 1.78. The van der Waals surface area contributed by atoms with Crippen LogP contribution in [0.25, 0.3) is 0 Å². The summed E-state index contributed by atoms with van der Waals surface area (Å²) in [6.45, 7) is 3.36. The molecule has 0 aromatic heterocycles. The van der Waals surface area contributed by atoms with E-state index < -0.39 is 0 Å². The van der Waals surface area contributed by atoms with E-state index >= 15 is 0 Å². The molecule has 0 saturated carbocycles. The fraction of sp³-hybridized carbons (Fsp3) is 0.533. The van der Waals surface area contributed by atoms with Gasteiger partial charge in [0.15, 0.2) is 0 Å². The van der Waals surface area contributed by atoms with Gasteiger partial charge in [0, 0.05) is 30.7 Å². The summed E-state index contributed by atoms with van der Waals surface area (Å²) in [7, 11) is 4.99. The summed E-state index contributed by atoms with van der Waals surface area (Å²) in [6.07, 6.45) is 0. The molecule has 0 radical (unpaired) electrons. The van der Waals surface area contributed by atoms with Crippen LogP contribution in [0.2, 0.25) is 0 Å². The first kappa shape index (κ1) is 20.3. The number of rotatable bonds is 9. The molecule has 22 heavy (non-hydrogen) atoms. The molecule has 6 nitrogen and oxygen atoms in total. The average Bonchev–Trinajstić information content (AvgIpc) is 2.51. The standard InChI is InChI=1S/C15H24N2O4.ClH/c1-11(10-16-2)15(18)17-5-6-21-14-8-12(19-3)7-13(9-14)20-4;/h7-9,11,16H,5-6,10H2,1-4H3,(H,17,18);1H. The SMILES string of the molecule is CNCC(C)C(=O)NCCOc1cc(OC)cc(OC)c1.Cl. The molecule has 0 fully saturated rings. The average molecular weight is 333 g/mol. The highest BCUT2D eigenvalue weighted by atomic mass is 35.5. The maximum atomic E-state index is 11.7. The number of ether oxygens (including phenoxy) is 3. The van der Waals surface area contributed by atoms with Gasteiger partial charge in [-0.3, -0.25) is 4.79 Å². The summed E-state index contributed by atoms with van der Waals surface area (Å²) in [5.74, 6) is 1.92. The van der Waals surface area contributed by atoms with Crippen molar-refractivity contribution in [1.82, 2.24) is 10.6 Å². The van der Waals surface area contributed by atoms with E-state index in [1.807, 2.05) is 14.0 Å². The zero-order valence-corrected chi connectivity index (χ0v) is 14.3. The summed E-state index contributed by atoms with van der Waals surface area (Å²) in [4.78, 5) is 11.7. The highest BCUT2D eigenvalue weighted by Gasteiger charge is 2.10. The Hall–Kier alpha value is -1.66. The second-order valence-electron chi connectivity index (χ2n) is 4.65. The lowest BCUT2D eigenvalue weighted by molar-refractivity contribution is -0.124. The van der Waals surface area contributed by atoms with Gasteiger partial charge in [0.1, 0.15) is 23.9 Å². The predicted octanol–water partition coefficient (Wildman–Crippen LogP) is 1.48. The number of hydrogen-bond donors (Lipinski definition) is 2. The molecule has 1 rings (SSSR count). The van der Waals surface area contributed by atoms with Crippen molar-refractivity contribution in [2.24, 2.45) is 5.92 Å². The minimum Gasteiger partial charge on any atom is -0.496 e. The Morgan fingerprint density at radius 3 is 2.18 bits per heavy atom. The topological polar surface area (TPSA) is 68.8 Å². The fourth-order valence-electron chi connectivity index (χ4n) is 1.78. The molecule has 0 aliphatic carbocycles. The highest BCUT2D eigenvalue weighted by Crippen LogP contribution is 2.27. The number of carbonyl (C=O) groups is 1. The lowest BCUT2D eigenvalue weighted by atomic mass is 10.1. The first-order chi connectivity index (χ1) is 10.1. The van der Waals surface area contributed by atoms with E-state index in [1.165, 1.54) is 0 Å². The molecule has 0 spiro atoms. The molecule has 0 saturated heterocycles. The third-order valence-electron chi connectivity index (χ3n) is 2.95. The lowest BCUT2D eigenvalue weighted by Gasteiger charge is -2.13. The van der Waals surface area contributed by atoms with E-state index in [4.69, 9.17) is 14.2 Å². The van der Waals surface area contributed by atoms with Crippen molar-refractivity contribution in [2.75, 3.05) is 41.0 Å². The zero-order chi connectivity index (χ0) is 15.7. The largest absolute Gasteiger partial charge is 0.496 e. The zero-order valence-electron chi connectivity index (χ0n) is 13.5.